The molecule has 1 saturated heterocycles. The van der Waals surface area contributed by atoms with Crippen LogP contribution in [0.3, 0.4) is 0 Å². The summed E-state index contributed by atoms with van der Waals surface area (Å²) in [5.41, 5.74) is 2.78. The number of para-hydroxylation sites is 1. The van der Waals surface area contributed by atoms with Crippen LogP contribution in [0.1, 0.15) is 23.2 Å². The van der Waals surface area contributed by atoms with Gasteiger partial charge in [0.05, 0.1) is 5.56 Å². The molecule has 25 heavy (non-hydrogen) atoms. The molecule has 0 N–H and O–H groups in total. The van der Waals surface area contributed by atoms with E-state index in [-0.39, 0.29) is 11.9 Å². The number of piperidine rings is 1. The maximum absolute atomic E-state index is 12.9. The first-order valence-corrected chi connectivity index (χ1v) is 8.72. The number of benzene rings is 1. The molecule has 1 atom stereocenters. The quantitative estimate of drug-likeness (QED) is 0.739. The van der Waals surface area contributed by atoms with Gasteiger partial charge in [-0.15, -0.1) is 0 Å². The summed E-state index contributed by atoms with van der Waals surface area (Å²) < 4.78 is 1.89. The van der Waals surface area contributed by atoms with Gasteiger partial charge in [-0.25, -0.2) is 4.98 Å². The minimum Gasteiger partial charge on any atom is -0.369 e. The van der Waals surface area contributed by atoms with Crippen molar-refractivity contribution in [3.63, 3.8) is 0 Å². The van der Waals surface area contributed by atoms with Crippen molar-refractivity contribution in [1.29, 1.82) is 0 Å². The van der Waals surface area contributed by atoms with Crippen LogP contribution in [0.25, 0.3) is 5.65 Å². The Hall–Kier alpha value is -2.82. The standard InChI is InChI=1S/C20H22N4O/c1-22(20(25)16-9-10-19-21-11-13-24(19)14-16)18-8-5-12-23(15-18)17-6-3-2-4-7-17/h2-4,6-7,9-11,13-14,18H,5,8,12,15H2,1H3. The van der Waals surface area contributed by atoms with Crippen molar-refractivity contribution >= 4 is 17.2 Å². The lowest BCUT2D eigenvalue weighted by atomic mass is 10.0. The molecule has 1 unspecified atom stereocenters. The van der Waals surface area contributed by atoms with E-state index in [4.69, 9.17) is 0 Å². The van der Waals surface area contributed by atoms with Gasteiger partial charge >= 0.3 is 0 Å². The molecule has 0 saturated carbocycles. The van der Waals surface area contributed by atoms with Crippen molar-refractivity contribution in [3.8, 4) is 0 Å². The Labute approximate surface area is 147 Å². The van der Waals surface area contributed by atoms with E-state index >= 15 is 0 Å². The molecule has 1 fully saturated rings. The molecule has 1 aromatic carbocycles. The maximum Gasteiger partial charge on any atom is 0.255 e. The number of carbonyl (C=O) groups excluding carboxylic acids is 1. The number of aromatic nitrogens is 2. The van der Waals surface area contributed by atoms with Gasteiger partial charge in [-0.05, 0) is 37.1 Å². The minimum atomic E-state index is 0.0653. The van der Waals surface area contributed by atoms with Gasteiger partial charge in [-0.1, -0.05) is 18.2 Å². The number of anilines is 1. The fourth-order valence-electron chi connectivity index (χ4n) is 3.56. The third-order valence-electron chi connectivity index (χ3n) is 5.02. The Kier molecular flexibility index (Phi) is 4.14. The largest absolute Gasteiger partial charge is 0.369 e. The van der Waals surface area contributed by atoms with Crippen molar-refractivity contribution in [3.05, 3.63) is 66.6 Å². The lowest BCUT2D eigenvalue weighted by molar-refractivity contribution is 0.0717. The molecule has 0 bridgehead atoms. The van der Waals surface area contributed by atoms with Crippen molar-refractivity contribution in [2.24, 2.45) is 0 Å². The molecule has 1 amide bonds. The molecule has 0 spiro atoms. The van der Waals surface area contributed by atoms with Crippen molar-refractivity contribution in [2.75, 3.05) is 25.0 Å². The second-order valence-corrected chi connectivity index (χ2v) is 6.60. The van der Waals surface area contributed by atoms with Gasteiger partial charge in [-0.2, -0.15) is 0 Å². The fourth-order valence-corrected chi connectivity index (χ4v) is 3.56. The zero-order valence-corrected chi connectivity index (χ0v) is 14.4. The van der Waals surface area contributed by atoms with E-state index < -0.39 is 0 Å². The third-order valence-corrected chi connectivity index (χ3v) is 5.02. The number of fused-ring (bicyclic) bond motifs is 1. The first kappa shape index (κ1) is 15.7. The number of rotatable bonds is 3. The van der Waals surface area contributed by atoms with Gasteiger partial charge in [0.15, 0.2) is 0 Å². The fraction of sp³-hybridized carbons (Fsp3) is 0.300. The summed E-state index contributed by atoms with van der Waals surface area (Å²) in [4.78, 5) is 21.4. The van der Waals surface area contributed by atoms with Crippen LogP contribution in [0.4, 0.5) is 5.69 Å². The summed E-state index contributed by atoms with van der Waals surface area (Å²) in [5, 5.41) is 0. The molecule has 3 heterocycles. The van der Waals surface area contributed by atoms with E-state index in [1.54, 1.807) is 6.20 Å². The summed E-state index contributed by atoms with van der Waals surface area (Å²) in [5.74, 6) is 0.0653. The first-order chi connectivity index (χ1) is 12.2. The van der Waals surface area contributed by atoms with E-state index in [1.807, 2.05) is 46.9 Å². The summed E-state index contributed by atoms with van der Waals surface area (Å²) >= 11 is 0. The van der Waals surface area contributed by atoms with Gasteiger partial charge in [0.1, 0.15) is 5.65 Å². The highest BCUT2D eigenvalue weighted by atomic mass is 16.2. The zero-order chi connectivity index (χ0) is 17.2. The summed E-state index contributed by atoms with van der Waals surface area (Å²) in [7, 11) is 1.92. The number of imidazole rings is 1. The molecule has 3 aromatic rings. The lowest BCUT2D eigenvalue weighted by Gasteiger charge is -2.38. The van der Waals surface area contributed by atoms with E-state index in [9.17, 15) is 4.79 Å². The van der Waals surface area contributed by atoms with Crippen LogP contribution in [0.2, 0.25) is 0 Å². The van der Waals surface area contributed by atoms with Gasteiger partial charge < -0.3 is 14.2 Å². The molecule has 0 aliphatic carbocycles. The van der Waals surface area contributed by atoms with Crippen LogP contribution in [-0.4, -0.2) is 46.4 Å². The van der Waals surface area contributed by atoms with Gasteiger partial charge in [0, 0.05) is 50.5 Å². The second-order valence-electron chi connectivity index (χ2n) is 6.60. The molecule has 0 radical (unpaired) electrons. The Morgan fingerprint density at radius 2 is 2.04 bits per heavy atom. The van der Waals surface area contributed by atoms with Gasteiger partial charge in [-0.3, -0.25) is 4.79 Å². The Balaban J connectivity index is 1.51. The highest BCUT2D eigenvalue weighted by Gasteiger charge is 2.27. The van der Waals surface area contributed by atoms with Crippen molar-refractivity contribution < 1.29 is 4.79 Å². The molecule has 4 rings (SSSR count). The number of hydrogen-bond acceptors (Lipinski definition) is 3. The van der Waals surface area contributed by atoms with Crippen LogP contribution < -0.4 is 4.90 Å². The van der Waals surface area contributed by atoms with E-state index in [0.29, 0.717) is 5.56 Å². The van der Waals surface area contributed by atoms with E-state index in [1.165, 1.54) is 5.69 Å². The summed E-state index contributed by atoms with van der Waals surface area (Å²) in [6.45, 7) is 1.92. The number of carbonyl (C=O) groups is 1. The molecular weight excluding hydrogens is 312 g/mol. The molecule has 1 aliphatic rings. The Morgan fingerprint density at radius 3 is 2.88 bits per heavy atom. The molecule has 5 heteroatoms. The van der Waals surface area contributed by atoms with Gasteiger partial charge in [0.25, 0.3) is 5.91 Å². The molecule has 2 aromatic heterocycles. The van der Waals surface area contributed by atoms with E-state index in [2.05, 4.69) is 34.1 Å². The van der Waals surface area contributed by atoms with Crippen molar-refractivity contribution in [2.45, 2.75) is 18.9 Å². The van der Waals surface area contributed by atoms with E-state index in [0.717, 1.165) is 31.6 Å². The van der Waals surface area contributed by atoms with Crippen LogP contribution in [-0.2, 0) is 0 Å². The second kappa shape index (κ2) is 6.59. The number of amides is 1. The van der Waals surface area contributed by atoms with Gasteiger partial charge in [0.2, 0.25) is 0 Å². The number of hydrogen-bond donors (Lipinski definition) is 0. The Bertz CT molecular complexity index is 874. The van der Waals surface area contributed by atoms with Crippen LogP contribution >= 0.6 is 0 Å². The number of likely N-dealkylation sites (N-methyl/N-ethyl adjacent to an activating group) is 1. The first-order valence-electron chi connectivity index (χ1n) is 8.72. The monoisotopic (exact) mass is 334 g/mol. The highest BCUT2D eigenvalue weighted by molar-refractivity contribution is 5.94. The maximum atomic E-state index is 12.9. The normalized spacial score (nSPS) is 17.6. The Morgan fingerprint density at radius 1 is 1.20 bits per heavy atom. The number of nitrogens with zero attached hydrogens (tertiary/aromatic N) is 4. The van der Waals surface area contributed by atoms with Crippen LogP contribution in [0.15, 0.2) is 61.1 Å². The highest BCUT2D eigenvalue weighted by Crippen LogP contribution is 2.22. The SMILES string of the molecule is CN(C(=O)c1ccc2nccn2c1)C1CCCN(c2ccccc2)C1. The lowest BCUT2D eigenvalue weighted by Crippen LogP contribution is -2.48. The average Bonchev–Trinajstić information content (AvgIpc) is 3.15. The van der Waals surface area contributed by atoms with Crippen LogP contribution in [0, 0.1) is 0 Å². The smallest absolute Gasteiger partial charge is 0.255 e. The molecule has 5 nitrogen and oxygen atoms in total. The third kappa shape index (κ3) is 3.09. The molecule has 1 aliphatic heterocycles. The summed E-state index contributed by atoms with van der Waals surface area (Å²) in [6.07, 6.45) is 7.60. The summed E-state index contributed by atoms with van der Waals surface area (Å²) in [6, 6.07) is 14.4. The van der Waals surface area contributed by atoms with Crippen LogP contribution in [0.5, 0.6) is 0 Å². The topological polar surface area (TPSA) is 40.9 Å². The average molecular weight is 334 g/mol. The molecular formula is C20H22N4O. The van der Waals surface area contributed by atoms with Crippen molar-refractivity contribution in [1.82, 2.24) is 14.3 Å². The number of pyridine rings is 1. The predicted octanol–water partition coefficient (Wildman–Crippen LogP) is 3.08. The molecule has 128 valence electrons. The minimum absolute atomic E-state index is 0.0653. The zero-order valence-electron chi connectivity index (χ0n) is 14.4. The predicted molar refractivity (Wildman–Crippen MR) is 99.0 cm³/mol.